The Morgan fingerprint density at radius 3 is 2.32 bits per heavy atom. The van der Waals surface area contributed by atoms with Gasteiger partial charge in [-0.15, -0.1) is 0 Å². The number of nitrogens with one attached hydrogen (secondary N) is 1. The van der Waals surface area contributed by atoms with Crippen molar-refractivity contribution in [2.24, 2.45) is 0 Å². The van der Waals surface area contributed by atoms with Gasteiger partial charge < -0.3 is 5.32 Å². The Labute approximate surface area is 172 Å². The molecule has 0 aromatic heterocycles. The summed E-state index contributed by atoms with van der Waals surface area (Å²) in [5, 5.41) is 15.0. The fourth-order valence-electron chi connectivity index (χ4n) is 2.82. The maximum Gasteiger partial charge on any atom is 0.289 e. The monoisotopic (exact) mass is 414 g/mol. The number of carbonyl (C=O) groups excluding carboxylic acids is 1. The molecule has 0 bridgehead atoms. The molecule has 28 heavy (non-hydrogen) atoms. The van der Waals surface area contributed by atoms with Crippen LogP contribution in [-0.4, -0.2) is 10.7 Å². The Kier molecular flexibility index (Phi) is 6.29. The molecule has 0 heterocycles. The van der Waals surface area contributed by atoms with Gasteiger partial charge in [-0.3, -0.25) is 14.9 Å². The van der Waals surface area contributed by atoms with Gasteiger partial charge in [0.05, 0.1) is 11.0 Å². The zero-order chi connectivity index (χ0) is 20.1. The predicted molar refractivity (Wildman–Crippen MR) is 111 cm³/mol. The van der Waals surface area contributed by atoms with Gasteiger partial charge >= 0.3 is 0 Å². The number of rotatable bonds is 7. The van der Waals surface area contributed by atoms with Gasteiger partial charge in [-0.1, -0.05) is 53.5 Å². The van der Waals surface area contributed by atoms with E-state index in [0.29, 0.717) is 16.3 Å². The summed E-state index contributed by atoms with van der Waals surface area (Å²) in [6, 6.07) is 20.2. The number of nitro benzene ring substituents is 1. The van der Waals surface area contributed by atoms with Gasteiger partial charge in [-0.25, -0.2) is 0 Å². The molecule has 3 aromatic rings. The van der Waals surface area contributed by atoms with E-state index < -0.39 is 4.92 Å². The summed E-state index contributed by atoms with van der Waals surface area (Å²) in [4.78, 5) is 23.4. The van der Waals surface area contributed by atoms with Gasteiger partial charge in [0.2, 0.25) is 0 Å². The van der Waals surface area contributed by atoms with E-state index in [2.05, 4.69) is 5.32 Å². The fourth-order valence-corrected chi connectivity index (χ4v) is 3.13. The Bertz CT molecular complexity index is 992. The minimum atomic E-state index is -0.538. The Morgan fingerprint density at radius 2 is 1.68 bits per heavy atom. The SMILES string of the molecule is O=C(CC(Nc1ccc(Cl)c([N+](=O)[O-])c1)c1ccccc1)c1ccc(Cl)cc1. The molecule has 0 aliphatic carbocycles. The number of hydrogen-bond donors (Lipinski definition) is 1. The highest BCUT2D eigenvalue weighted by molar-refractivity contribution is 6.32. The number of Topliss-reactive ketones (excluding diaryl/α,β-unsaturated/α-hetero) is 1. The summed E-state index contributed by atoms with van der Waals surface area (Å²) >= 11 is 11.8. The quantitative estimate of drug-likeness (QED) is 0.278. The molecule has 0 aliphatic rings. The van der Waals surface area contributed by atoms with Crippen molar-refractivity contribution in [3.63, 3.8) is 0 Å². The summed E-state index contributed by atoms with van der Waals surface area (Å²) in [5.74, 6) is -0.0681. The Hall–Kier alpha value is -2.89. The van der Waals surface area contributed by atoms with E-state index >= 15 is 0 Å². The first-order chi connectivity index (χ1) is 13.4. The first-order valence-corrected chi connectivity index (χ1v) is 9.24. The molecule has 0 radical (unpaired) electrons. The molecule has 0 saturated heterocycles. The molecule has 3 rings (SSSR count). The van der Waals surface area contributed by atoms with Crippen molar-refractivity contribution in [2.75, 3.05) is 5.32 Å². The van der Waals surface area contributed by atoms with Gasteiger partial charge in [-0.2, -0.15) is 0 Å². The lowest BCUT2D eigenvalue weighted by Gasteiger charge is -2.20. The highest BCUT2D eigenvalue weighted by atomic mass is 35.5. The second kappa shape index (κ2) is 8.87. The van der Waals surface area contributed by atoms with E-state index in [4.69, 9.17) is 23.2 Å². The molecule has 1 N–H and O–H groups in total. The molecule has 142 valence electrons. The van der Waals surface area contributed by atoms with Gasteiger partial charge in [0.1, 0.15) is 5.02 Å². The van der Waals surface area contributed by atoms with Gasteiger partial charge in [0.25, 0.3) is 5.69 Å². The van der Waals surface area contributed by atoms with E-state index in [9.17, 15) is 14.9 Å². The second-order valence-electron chi connectivity index (χ2n) is 6.17. The van der Waals surface area contributed by atoms with Crippen molar-refractivity contribution in [1.82, 2.24) is 0 Å². The molecule has 5 nitrogen and oxygen atoms in total. The van der Waals surface area contributed by atoms with E-state index in [1.807, 2.05) is 30.3 Å². The minimum absolute atomic E-state index is 0.0593. The fraction of sp³-hybridized carbons (Fsp3) is 0.0952. The lowest BCUT2D eigenvalue weighted by Crippen LogP contribution is -2.16. The number of hydrogen-bond acceptors (Lipinski definition) is 4. The lowest BCUT2D eigenvalue weighted by atomic mass is 9.97. The van der Waals surface area contributed by atoms with Gasteiger partial charge in [0.15, 0.2) is 5.78 Å². The first kappa shape index (κ1) is 19.9. The second-order valence-corrected chi connectivity index (χ2v) is 7.01. The zero-order valence-electron chi connectivity index (χ0n) is 14.6. The van der Waals surface area contributed by atoms with Crippen LogP contribution in [0.25, 0.3) is 0 Å². The minimum Gasteiger partial charge on any atom is -0.378 e. The van der Waals surface area contributed by atoms with Gasteiger partial charge in [-0.05, 0) is 42.0 Å². The molecule has 0 spiro atoms. The number of nitro groups is 1. The van der Waals surface area contributed by atoms with Crippen molar-refractivity contribution in [3.05, 3.63) is 104 Å². The van der Waals surface area contributed by atoms with E-state index in [1.165, 1.54) is 12.1 Å². The van der Waals surface area contributed by atoms with Crippen LogP contribution in [0.3, 0.4) is 0 Å². The number of ketones is 1. The third-order valence-electron chi connectivity index (χ3n) is 4.24. The standard InChI is InChI=1S/C21H16Cl2N2O3/c22-16-8-6-15(7-9-16)21(26)13-19(14-4-2-1-3-5-14)24-17-10-11-18(23)20(12-17)25(27)28/h1-12,19,24H,13H2. The van der Waals surface area contributed by atoms with Crippen LogP contribution in [-0.2, 0) is 0 Å². The molecule has 1 unspecified atom stereocenters. The van der Waals surface area contributed by atoms with Crippen molar-refractivity contribution in [3.8, 4) is 0 Å². The highest BCUT2D eigenvalue weighted by Crippen LogP contribution is 2.31. The third-order valence-corrected chi connectivity index (χ3v) is 4.81. The summed E-state index contributed by atoms with van der Waals surface area (Å²) in [5.41, 5.74) is 1.76. The average molecular weight is 415 g/mol. The van der Waals surface area contributed by atoms with Crippen molar-refractivity contribution in [2.45, 2.75) is 12.5 Å². The average Bonchev–Trinajstić information content (AvgIpc) is 2.69. The molecule has 3 aromatic carbocycles. The van der Waals surface area contributed by atoms with Crippen molar-refractivity contribution < 1.29 is 9.72 Å². The number of benzene rings is 3. The number of nitrogens with zero attached hydrogens (tertiary/aromatic N) is 1. The molecule has 0 amide bonds. The van der Waals surface area contributed by atoms with Crippen molar-refractivity contribution in [1.29, 1.82) is 0 Å². The van der Waals surface area contributed by atoms with Crippen LogP contribution < -0.4 is 5.32 Å². The topological polar surface area (TPSA) is 72.2 Å². The molecule has 7 heteroatoms. The number of anilines is 1. The van der Waals surface area contributed by atoms with Crippen LogP contribution in [0.4, 0.5) is 11.4 Å². The number of halogens is 2. The molecule has 0 aliphatic heterocycles. The smallest absolute Gasteiger partial charge is 0.289 e. The third kappa shape index (κ3) is 4.88. The normalized spacial score (nSPS) is 11.6. The van der Waals surface area contributed by atoms with Gasteiger partial charge in [0, 0.05) is 28.8 Å². The van der Waals surface area contributed by atoms with Crippen LogP contribution >= 0.6 is 23.2 Å². The van der Waals surface area contributed by atoms with Crippen LogP contribution in [0.15, 0.2) is 72.8 Å². The lowest BCUT2D eigenvalue weighted by molar-refractivity contribution is -0.384. The predicted octanol–water partition coefficient (Wildman–Crippen LogP) is 6.33. The molecule has 1 atom stereocenters. The van der Waals surface area contributed by atoms with Crippen LogP contribution in [0.2, 0.25) is 10.0 Å². The summed E-state index contributed by atoms with van der Waals surface area (Å²) in [6.45, 7) is 0. The first-order valence-electron chi connectivity index (χ1n) is 8.48. The maximum atomic E-state index is 12.7. The van der Waals surface area contributed by atoms with E-state index in [-0.39, 0.29) is 29.0 Å². The molecular weight excluding hydrogens is 399 g/mol. The van der Waals surface area contributed by atoms with E-state index in [1.54, 1.807) is 30.3 Å². The Balaban J connectivity index is 1.88. The zero-order valence-corrected chi connectivity index (χ0v) is 16.2. The van der Waals surface area contributed by atoms with E-state index in [0.717, 1.165) is 5.56 Å². The molecule has 0 fully saturated rings. The van der Waals surface area contributed by atoms with Crippen LogP contribution in [0.5, 0.6) is 0 Å². The summed E-state index contributed by atoms with van der Waals surface area (Å²) in [6.07, 6.45) is 0.169. The molecule has 0 saturated carbocycles. The highest BCUT2D eigenvalue weighted by Gasteiger charge is 2.19. The molecular formula is C21H16Cl2N2O3. The summed E-state index contributed by atoms with van der Waals surface area (Å²) < 4.78 is 0. The largest absolute Gasteiger partial charge is 0.378 e. The van der Waals surface area contributed by atoms with Crippen LogP contribution in [0.1, 0.15) is 28.4 Å². The van der Waals surface area contributed by atoms with Crippen molar-refractivity contribution >= 4 is 40.4 Å². The maximum absolute atomic E-state index is 12.7. The Morgan fingerprint density at radius 1 is 1.00 bits per heavy atom. The van der Waals surface area contributed by atoms with Crippen LogP contribution in [0, 0.1) is 10.1 Å². The summed E-state index contributed by atoms with van der Waals surface area (Å²) in [7, 11) is 0. The number of carbonyl (C=O) groups is 1.